The molecule has 0 bridgehead atoms. The first-order valence-corrected chi connectivity index (χ1v) is 5.60. The molecular weight excluding hydrogens is 218 g/mol. The molecule has 1 fully saturated rings. The molecule has 1 aromatic carbocycles. The Balaban J connectivity index is 1.98. The molecule has 1 aromatic rings. The SMILES string of the molecule is COc1cc(COC2CCOC2)ccc1C#N. The van der Waals surface area contributed by atoms with Crippen LogP contribution in [0.4, 0.5) is 0 Å². The molecule has 2 rings (SSSR count). The van der Waals surface area contributed by atoms with Gasteiger partial charge in [-0.25, -0.2) is 0 Å². The van der Waals surface area contributed by atoms with Crippen molar-refractivity contribution in [1.82, 2.24) is 0 Å². The third-order valence-corrected chi connectivity index (χ3v) is 2.76. The molecule has 1 atom stereocenters. The van der Waals surface area contributed by atoms with Crippen molar-refractivity contribution in [1.29, 1.82) is 5.26 Å². The normalized spacial score (nSPS) is 18.9. The van der Waals surface area contributed by atoms with E-state index in [4.69, 9.17) is 19.5 Å². The third-order valence-electron chi connectivity index (χ3n) is 2.76. The summed E-state index contributed by atoms with van der Waals surface area (Å²) in [6.45, 7) is 1.98. The van der Waals surface area contributed by atoms with Crippen molar-refractivity contribution in [3.05, 3.63) is 29.3 Å². The Morgan fingerprint density at radius 2 is 2.41 bits per heavy atom. The lowest BCUT2D eigenvalue weighted by atomic mass is 10.1. The highest BCUT2D eigenvalue weighted by Crippen LogP contribution is 2.20. The predicted octanol–water partition coefficient (Wildman–Crippen LogP) is 1.87. The summed E-state index contributed by atoms with van der Waals surface area (Å²) in [4.78, 5) is 0. The number of nitrogens with zero attached hydrogens (tertiary/aromatic N) is 1. The quantitative estimate of drug-likeness (QED) is 0.796. The fraction of sp³-hybridized carbons (Fsp3) is 0.462. The molecule has 1 aliphatic rings. The maximum absolute atomic E-state index is 8.87. The highest BCUT2D eigenvalue weighted by atomic mass is 16.5. The van der Waals surface area contributed by atoms with Crippen molar-refractivity contribution in [2.45, 2.75) is 19.1 Å². The summed E-state index contributed by atoms with van der Waals surface area (Å²) in [6.07, 6.45) is 1.14. The van der Waals surface area contributed by atoms with Crippen LogP contribution in [0.1, 0.15) is 17.5 Å². The van der Waals surface area contributed by atoms with Crippen molar-refractivity contribution in [3.63, 3.8) is 0 Å². The molecular formula is C13H15NO3. The molecule has 4 heteroatoms. The van der Waals surface area contributed by atoms with E-state index in [1.54, 1.807) is 13.2 Å². The van der Waals surface area contributed by atoms with Crippen molar-refractivity contribution in [2.75, 3.05) is 20.3 Å². The van der Waals surface area contributed by atoms with Gasteiger partial charge in [-0.05, 0) is 24.1 Å². The van der Waals surface area contributed by atoms with E-state index in [1.807, 2.05) is 12.1 Å². The molecule has 17 heavy (non-hydrogen) atoms. The van der Waals surface area contributed by atoms with Crippen LogP contribution in [0.5, 0.6) is 5.75 Å². The van der Waals surface area contributed by atoms with Gasteiger partial charge in [-0.2, -0.15) is 5.26 Å². The number of methoxy groups -OCH3 is 1. The molecule has 1 unspecified atom stereocenters. The first-order valence-electron chi connectivity index (χ1n) is 5.60. The van der Waals surface area contributed by atoms with Gasteiger partial charge in [0.25, 0.3) is 0 Å². The largest absolute Gasteiger partial charge is 0.495 e. The molecule has 0 spiro atoms. The van der Waals surface area contributed by atoms with Gasteiger partial charge >= 0.3 is 0 Å². The lowest BCUT2D eigenvalue weighted by molar-refractivity contribution is 0.0317. The molecule has 0 amide bonds. The zero-order valence-corrected chi connectivity index (χ0v) is 9.81. The van der Waals surface area contributed by atoms with Crippen molar-refractivity contribution < 1.29 is 14.2 Å². The van der Waals surface area contributed by atoms with Crippen molar-refractivity contribution in [3.8, 4) is 11.8 Å². The molecule has 0 aliphatic carbocycles. The van der Waals surface area contributed by atoms with E-state index in [1.165, 1.54) is 0 Å². The summed E-state index contributed by atoms with van der Waals surface area (Å²) in [7, 11) is 1.56. The van der Waals surface area contributed by atoms with Crippen LogP contribution in [-0.4, -0.2) is 26.4 Å². The highest BCUT2D eigenvalue weighted by molar-refractivity contribution is 5.45. The van der Waals surface area contributed by atoms with Gasteiger partial charge in [-0.3, -0.25) is 0 Å². The average Bonchev–Trinajstić information content (AvgIpc) is 2.89. The summed E-state index contributed by atoms with van der Waals surface area (Å²) >= 11 is 0. The van der Waals surface area contributed by atoms with Gasteiger partial charge in [0.2, 0.25) is 0 Å². The molecule has 90 valence electrons. The highest BCUT2D eigenvalue weighted by Gasteiger charge is 2.16. The Labute approximate surface area is 101 Å². The molecule has 0 saturated carbocycles. The smallest absolute Gasteiger partial charge is 0.136 e. The van der Waals surface area contributed by atoms with Crippen LogP contribution in [0.3, 0.4) is 0 Å². The van der Waals surface area contributed by atoms with Crippen LogP contribution in [0.25, 0.3) is 0 Å². The van der Waals surface area contributed by atoms with Crippen LogP contribution in [0.2, 0.25) is 0 Å². The zero-order chi connectivity index (χ0) is 12.1. The molecule has 0 aromatic heterocycles. The first-order chi connectivity index (χ1) is 8.33. The van der Waals surface area contributed by atoms with Crippen LogP contribution >= 0.6 is 0 Å². The second kappa shape index (κ2) is 5.67. The Morgan fingerprint density at radius 1 is 1.53 bits per heavy atom. The van der Waals surface area contributed by atoms with Gasteiger partial charge in [0.05, 0.1) is 32.0 Å². The summed E-state index contributed by atoms with van der Waals surface area (Å²) in [5.41, 5.74) is 1.55. The second-order valence-corrected chi connectivity index (χ2v) is 3.94. The number of hydrogen-bond donors (Lipinski definition) is 0. The van der Waals surface area contributed by atoms with E-state index >= 15 is 0 Å². The number of ether oxygens (including phenoxy) is 3. The fourth-order valence-electron chi connectivity index (χ4n) is 1.78. The number of nitriles is 1. The van der Waals surface area contributed by atoms with Gasteiger partial charge in [-0.15, -0.1) is 0 Å². The maximum Gasteiger partial charge on any atom is 0.136 e. The first kappa shape index (κ1) is 11.9. The fourth-order valence-corrected chi connectivity index (χ4v) is 1.78. The van der Waals surface area contributed by atoms with E-state index in [9.17, 15) is 0 Å². The van der Waals surface area contributed by atoms with Crippen LogP contribution in [0.15, 0.2) is 18.2 Å². The van der Waals surface area contributed by atoms with E-state index in [0.29, 0.717) is 24.5 Å². The Hall–Kier alpha value is -1.57. The Kier molecular flexibility index (Phi) is 3.97. The molecule has 0 N–H and O–H groups in total. The minimum absolute atomic E-state index is 0.191. The van der Waals surface area contributed by atoms with Gasteiger partial charge < -0.3 is 14.2 Å². The summed E-state index contributed by atoms with van der Waals surface area (Å²) < 4.78 is 16.1. The molecule has 1 saturated heterocycles. The van der Waals surface area contributed by atoms with Crippen molar-refractivity contribution >= 4 is 0 Å². The minimum Gasteiger partial charge on any atom is -0.495 e. The van der Waals surface area contributed by atoms with Gasteiger partial charge in [-0.1, -0.05) is 6.07 Å². The number of benzene rings is 1. The second-order valence-electron chi connectivity index (χ2n) is 3.94. The zero-order valence-electron chi connectivity index (χ0n) is 9.81. The van der Waals surface area contributed by atoms with Gasteiger partial charge in [0, 0.05) is 6.61 Å². The molecule has 0 radical (unpaired) electrons. The number of hydrogen-bond acceptors (Lipinski definition) is 4. The molecule has 1 heterocycles. The Morgan fingerprint density at radius 3 is 3.06 bits per heavy atom. The van der Waals surface area contributed by atoms with Crippen LogP contribution in [-0.2, 0) is 16.1 Å². The summed E-state index contributed by atoms with van der Waals surface area (Å²) in [5.74, 6) is 0.594. The molecule has 4 nitrogen and oxygen atoms in total. The topological polar surface area (TPSA) is 51.5 Å². The van der Waals surface area contributed by atoms with Crippen LogP contribution < -0.4 is 4.74 Å². The van der Waals surface area contributed by atoms with E-state index in [0.717, 1.165) is 18.6 Å². The third kappa shape index (κ3) is 2.96. The maximum atomic E-state index is 8.87. The Bertz CT molecular complexity index is 419. The average molecular weight is 233 g/mol. The lowest BCUT2D eigenvalue weighted by Crippen LogP contribution is -2.11. The number of rotatable bonds is 4. The molecule has 1 aliphatic heterocycles. The van der Waals surface area contributed by atoms with Crippen LogP contribution in [0, 0.1) is 11.3 Å². The standard InChI is InChI=1S/C13H15NO3/c1-15-13-6-10(2-3-11(13)7-14)8-17-12-4-5-16-9-12/h2-3,6,12H,4-5,8-9H2,1H3. The predicted molar refractivity (Wildman–Crippen MR) is 61.7 cm³/mol. The van der Waals surface area contributed by atoms with Crippen molar-refractivity contribution in [2.24, 2.45) is 0 Å². The van der Waals surface area contributed by atoms with E-state index in [-0.39, 0.29) is 6.10 Å². The summed E-state index contributed by atoms with van der Waals surface area (Å²) in [5, 5.41) is 8.87. The summed E-state index contributed by atoms with van der Waals surface area (Å²) in [6, 6.07) is 7.57. The lowest BCUT2D eigenvalue weighted by Gasteiger charge is -2.11. The van der Waals surface area contributed by atoms with E-state index < -0.39 is 0 Å². The van der Waals surface area contributed by atoms with E-state index in [2.05, 4.69) is 6.07 Å². The van der Waals surface area contributed by atoms with Gasteiger partial charge in [0.15, 0.2) is 0 Å². The minimum atomic E-state index is 0.191. The monoisotopic (exact) mass is 233 g/mol. The van der Waals surface area contributed by atoms with Gasteiger partial charge in [0.1, 0.15) is 11.8 Å².